The lowest BCUT2D eigenvalue weighted by atomic mass is 10.2. The second-order valence-corrected chi connectivity index (χ2v) is 9.21. The molecule has 0 atom stereocenters. The Bertz CT molecular complexity index is 1310. The van der Waals surface area contributed by atoms with Crippen LogP contribution < -0.4 is 23.8 Å². The van der Waals surface area contributed by atoms with Crippen molar-refractivity contribution in [3.8, 4) is 17.2 Å². The van der Waals surface area contributed by atoms with Gasteiger partial charge in [-0.2, -0.15) is 13.2 Å². The first-order chi connectivity index (χ1) is 17.0. The zero-order chi connectivity index (χ0) is 26.5. The summed E-state index contributed by atoms with van der Waals surface area (Å²) >= 11 is 0. The summed E-state index contributed by atoms with van der Waals surface area (Å²) < 4.78 is 81.9. The highest BCUT2D eigenvalue weighted by atomic mass is 32.2. The molecule has 0 aliphatic heterocycles. The Morgan fingerprint density at radius 3 is 2.00 bits per heavy atom. The minimum Gasteiger partial charge on any atom is -0.497 e. The van der Waals surface area contributed by atoms with E-state index < -0.39 is 34.2 Å². The Morgan fingerprint density at radius 1 is 0.861 bits per heavy atom. The first-order valence-corrected chi connectivity index (χ1v) is 11.8. The van der Waals surface area contributed by atoms with Gasteiger partial charge in [0.25, 0.3) is 10.0 Å². The van der Waals surface area contributed by atoms with Gasteiger partial charge >= 0.3 is 6.18 Å². The molecule has 0 spiro atoms. The molecule has 0 aliphatic rings. The molecule has 192 valence electrons. The molecule has 0 radical (unpaired) electrons. The van der Waals surface area contributed by atoms with Gasteiger partial charge in [0.2, 0.25) is 5.91 Å². The normalized spacial score (nSPS) is 11.5. The molecule has 3 aromatic carbocycles. The third kappa shape index (κ3) is 6.00. The number of rotatable bonds is 9. The Kier molecular flexibility index (Phi) is 7.98. The van der Waals surface area contributed by atoms with Crippen molar-refractivity contribution in [3.05, 3.63) is 72.3 Å². The van der Waals surface area contributed by atoms with Crippen LogP contribution in [0.4, 0.5) is 24.5 Å². The molecule has 3 aromatic rings. The molecule has 0 bridgehead atoms. The topological polar surface area (TPSA) is 94.2 Å². The van der Waals surface area contributed by atoms with Gasteiger partial charge in [-0.3, -0.25) is 9.10 Å². The van der Waals surface area contributed by atoms with Crippen molar-refractivity contribution >= 4 is 27.3 Å². The molecular weight excluding hydrogens is 501 g/mol. The van der Waals surface area contributed by atoms with Gasteiger partial charge in [-0.15, -0.1) is 0 Å². The van der Waals surface area contributed by atoms with Gasteiger partial charge < -0.3 is 19.5 Å². The van der Waals surface area contributed by atoms with Gasteiger partial charge in [-0.05, 0) is 60.7 Å². The summed E-state index contributed by atoms with van der Waals surface area (Å²) in [7, 11) is -0.0901. The third-order valence-corrected chi connectivity index (χ3v) is 6.86. The predicted molar refractivity (Wildman–Crippen MR) is 127 cm³/mol. The lowest BCUT2D eigenvalue weighted by Gasteiger charge is -2.24. The molecule has 3 rings (SSSR count). The van der Waals surface area contributed by atoms with Crippen LogP contribution >= 0.6 is 0 Å². The van der Waals surface area contributed by atoms with E-state index in [4.69, 9.17) is 14.2 Å². The van der Waals surface area contributed by atoms with Gasteiger partial charge in [-0.1, -0.05) is 0 Å². The summed E-state index contributed by atoms with van der Waals surface area (Å²) in [6.45, 7) is -0.663. The number of methoxy groups -OCH3 is 3. The quantitative estimate of drug-likeness (QED) is 0.441. The number of nitrogens with zero attached hydrogens (tertiary/aromatic N) is 1. The van der Waals surface area contributed by atoms with Crippen molar-refractivity contribution < 1.29 is 40.6 Å². The van der Waals surface area contributed by atoms with E-state index in [1.807, 2.05) is 0 Å². The summed E-state index contributed by atoms with van der Waals surface area (Å²) in [6, 6.07) is 13.8. The summed E-state index contributed by atoms with van der Waals surface area (Å²) in [5, 5.41) is 2.43. The van der Waals surface area contributed by atoms with Crippen LogP contribution in [0.5, 0.6) is 17.2 Å². The van der Waals surface area contributed by atoms with E-state index in [1.165, 1.54) is 63.8 Å². The predicted octanol–water partition coefficient (Wildman–Crippen LogP) is 4.57. The Balaban J connectivity index is 1.94. The molecule has 1 amide bonds. The first-order valence-electron chi connectivity index (χ1n) is 10.4. The van der Waals surface area contributed by atoms with Crippen molar-refractivity contribution in [2.45, 2.75) is 11.1 Å². The zero-order valence-corrected chi connectivity index (χ0v) is 20.3. The summed E-state index contributed by atoms with van der Waals surface area (Å²) in [6.07, 6.45) is -4.53. The highest BCUT2D eigenvalue weighted by Gasteiger charge is 2.31. The highest BCUT2D eigenvalue weighted by molar-refractivity contribution is 7.92. The largest absolute Gasteiger partial charge is 0.497 e. The smallest absolute Gasteiger partial charge is 0.416 e. The van der Waals surface area contributed by atoms with E-state index in [0.717, 1.165) is 28.6 Å². The number of amides is 1. The number of benzene rings is 3. The lowest BCUT2D eigenvalue weighted by molar-refractivity contribution is -0.137. The van der Waals surface area contributed by atoms with Crippen molar-refractivity contribution in [1.82, 2.24) is 0 Å². The molecule has 0 aliphatic carbocycles. The molecule has 0 unspecified atom stereocenters. The van der Waals surface area contributed by atoms with Crippen LogP contribution in [0.3, 0.4) is 0 Å². The first kappa shape index (κ1) is 26.7. The molecule has 0 saturated carbocycles. The molecule has 8 nitrogen and oxygen atoms in total. The number of sulfonamides is 1. The lowest BCUT2D eigenvalue weighted by Crippen LogP contribution is -2.38. The van der Waals surface area contributed by atoms with Crippen LogP contribution in [-0.4, -0.2) is 42.2 Å². The van der Waals surface area contributed by atoms with Crippen LogP contribution in [0.1, 0.15) is 5.56 Å². The van der Waals surface area contributed by atoms with Gasteiger partial charge in [0.05, 0.1) is 37.5 Å². The maximum atomic E-state index is 13.6. The fourth-order valence-corrected chi connectivity index (χ4v) is 4.68. The molecule has 12 heteroatoms. The Hall–Kier alpha value is -3.93. The molecule has 0 saturated heterocycles. The van der Waals surface area contributed by atoms with E-state index >= 15 is 0 Å². The third-order valence-electron chi connectivity index (χ3n) is 5.09. The van der Waals surface area contributed by atoms with Crippen LogP contribution in [0.2, 0.25) is 0 Å². The number of halogens is 3. The number of carbonyl (C=O) groups is 1. The second-order valence-electron chi connectivity index (χ2n) is 7.35. The zero-order valence-electron chi connectivity index (χ0n) is 19.5. The number of nitrogens with one attached hydrogen (secondary N) is 1. The fourth-order valence-electron chi connectivity index (χ4n) is 3.24. The van der Waals surface area contributed by atoms with Crippen LogP contribution in [0.25, 0.3) is 0 Å². The Labute approximate surface area is 206 Å². The number of hydrogen-bond acceptors (Lipinski definition) is 6. The van der Waals surface area contributed by atoms with Crippen molar-refractivity contribution in [2.24, 2.45) is 0 Å². The molecular formula is C24H23F3N2O6S. The van der Waals surface area contributed by atoms with E-state index in [0.29, 0.717) is 11.5 Å². The molecule has 0 fully saturated rings. The molecule has 0 heterocycles. The minimum absolute atomic E-state index is 0.0752. The fraction of sp³-hybridized carbons (Fsp3) is 0.208. The van der Waals surface area contributed by atoms with Gasteiger partial charge in [0.15, 0.2) is 11.5 Å². The summed E-state index contributed by atoms with van der Waals surface area (Å²) in [5.41, 5.74) is -0.643. The average molecular weight is 525 g/mol. The van der Waals surface area contributed by atoms with E-state index in [2.05, 4.69) is 5.32 Å². The summed E-state index contributed by atoms with van der Waals surface area (Å²) in [4.78, 5) is 12.6. The maximum Gasteiger partial charge on any atom is 0.416 e. The number of carbonyl (C=O) groups excluding carboxylic acids is 1. The van der Waals surface area contributed by atoms with Gasteiger partial charge in [-0.25, -0.2) is 8.42 Å². The maximum absolute atomic E-state index is 13.6. The summed E-state index contributed by atoms with van der Waals surface area (Å²) in [5.74, 6) is 0.181. The van der Waals surface area contributed by atoms with E-state index in [9.17, 15) is 26.4 Å². The monoisotopic (exact) mass is 524 g/mol. The van der Waals surface area contributed by atoms with E-state index in [1.54, 1.807) is 0 Å². The molecule has 1 N–H and O–H groups in total. The standard InChI is InChI=1S/C24H23F3N2O6S/c1-33-19-10-8-18(9-11-19)29(36(31,32)20-12-13-21(34-2)22(14-20)35-3)15-23(30)28-17-6-4-16(5-7-17)24(25,26)27/h4-14H,15H2,1-3H3,(H,28,30). The van der Waals surface area contributed by atoms with Crippen LogP contribution in [-0.2, 0) is 21.0 Å². The van der Waals surface area contributed by atoms with Gasteiger partial charge in [0, 0.05) is 11.8 Å². The van der Waals surface area contributed by atoms with Crippen molar-refractivity contribution in [1.29, 1.82) is 0 Å². The van der Waals surface area contributed by atoms with Crippen molar-refractivity contribution in [2.75, 3.05) is 37.5 Å². The minimum atomic E-state index is -4.53. The number of anilines is 2. The Morgan fingerprint density at radius 2 is 1.47 bits per heavy atom. The molecule has 0 aromatic heterocycles. The van der Waals surface area contributed by atoms with Gasteiger partial charge in [0.1, 0.15) is 12.3 Å². The van der Waals surface area contributed by atoms with Crippen LogP contribution in [0, 0.1) is 0 Å². The number of alkyl halides is 3. The van der Waals surface area contributed by atoms with Crippen molar-refractivity contribution in [3.63, 3.8) is 0 Å². The second kappa shape index (κ2) is 10.8. The van der Waals surface area contributed by atoms with E-state index in [-0.39, 0.29) is 22.0 Å². The van der Waals surface area contributed by atoms with Crippen LogP contribution in [0.15, 0.2) is 71.6 Å². The molecule has 36 heavy (non-hydrogen) atoms. The SMILES string of the molecule is COc1ccc(N(CC(=O)Nc2ccc(C(F)(F)F)cc2)S(=O)(=O)c2ccc(OC)c(OC)c2)cc1. The number of hydrogen-bond donors (Lipinski definition) is 1. The number of ether oxygens (including phenoxy) is 3. The highest BCUT2D eigenvalue weighted by Crippen LogP contribution is 2.33. The average Bonchev–Trinajstić information content (AvgIpc) is 2.86.